The summed E-state index contributed by atoms with van der Waals surface area (Å²) in [5, 5.41) is 18.7. The van der Waals surface area contributed by atoms with Crippen LogP contribution in [-0.4, -0.2) is 66.8 Å². The maximum atomic E-state index is 12.6. The lowest BCUT2D eigenvalue weighted by Gasteiger charge is -2.12. The van der Waals surface area contributed by atoms with Crippen LogP contribution < -0.4 is 5.32 Å². The molecule has 5 N–H and O–H groups in total. The Hall–Kier alpha value is -6.77. The van der Waals surface area contributed by atoms with Gasteiger partial charge < -0.3 is 5.32 Å². The second-order valence-corrected chi connectivity index (χ2v) is 19.0. The molecular formula is C39H30N8O12S4. The smallest absolute Gasteiger partial charge is 0.295 e. The Kier molecular flexibility index (Phi) is 12.3. The molecule has 0 aliphatic heterocycles. The zero-order chi connectivity index (χ0) is 45.2. The van der Waals surface area contributed by atoms with Crippen LogP contribution in [-0.2, 0) is 53.3 Å². The van der Waals surface area contributed by atoms with Crippen molar-refractivity contribution in [3.63, 3.8) is 0 Å². The average molecular weight is 931 g/mol. The molecular weight excluding hydrogens is 901 g/mol. The summed E-state index contributed by atoms with van der Waals surface area (Å²) in [6, 6.07) is 29.9. The van der Waals surface area contributed by atoms with E-state index in [-0.39, 0.29) is 69.5 Å². The molecule has 0 saturated heterocycles. The van der Waals surface area contributed by atoms with Crippen LogP contribution in [0.1, 0.15) is 22.8 Å². The van der Waals surface area contributed by atoms with Gasteiger partial charge in [-0.2, -0.15) is 64.1 Å². The van der Waals surface area contributed by atoms with Crippen molar-refractivity contribution in [1.29, 1.82) is 0 Å². The summed E-state index contributed by atoms with van der Waals surface area (Å²) >= 11 is 0. The van der Waals surface area contributed by atoms with E-state index in [2.05, 4.69) is 40.7 Å². The van der Waals surface area contributed by atoms with Gasteiger partial charge in [0.1, 0.15) is 21.4 Å². The molecule has 1 heterocycles. The van der Waals surface area contributed by atoms with Gasteiger partial charge in [-0.25, -0.2) is 4.98 Å². The topological polar surface area (TPSA) is 318 Å². The van der Waals surface area contributed by atoms with Crippen LogP contribution in [0.15, 0.2) is 167 Å². The van der Waals surface area contributed by atoms with Gasteiger partial charge >= 0.3 is 0 Å². The predicted octanol–water partition coefficient (Wildman–Crippen LogP) is 7.77. The molecule has 0 atom stereocenters. The van der Waals surface area contributed by atoms with Gasteiger partial charge in [0.05, 0.1) is 32.5 Å². The van der Waals surface area contributed by atoms with E-state index in [0.717, 1.165) is 24.3 Å². The molecule has 7 rings (SSSR count). The second-order valence-electron chi connectivity index (χ2n) is 13.4. The Morgan fingerprint density at radius 2 is 1.02 bits per heavy atom. The maximum Gasteiger partial charge on any atom is 0.295 e. The van der Waals surface area contributed by atoms with Gasteiger partial charge in [-0.3, -0.25) is 18.2 Å². The fraction of sp³-hybridized carbons (Fsp3) is 0.0513. The fourth-order valence-electron chi connectivity index (χ4n) is 6.10. The molecule has 0 radical (unpaired) electrons. The fourth-order valence-corrected chi connectivity index (χ4v) is 8.79. The lowest BCUT2D eigenvalue weighted by atomic mass is 10.1. The van der Waals surface area contributed by atoms with Crippen molar-refractivity contribution in [3.05, 3.63) is 150 Å². The van der Waals surface area contributed by atoms with Crippen molar-refractivity contribution in [3.8, 4) is 0 Å². The molecule has 63 heavy (non-hydrogen) atoms. The minimum atomic E-state index is -4.88. The first-order valence-electron chi connectivity index (χ1n) is 17.9. The van der Waals surface area contributed by atoms with E-state index < -0.39 is 60.1 Å². The van der Waals surface area contributed by atoms with Gasteiger partial charge in [0, 0.05) is 29.3 Å². The number of azo groups is 2. The van der Waals surface area contributed by atoms with E-state index in [1.165, 1.54) is 60.7 Å². The van der Waals surface area contributed by atoms with Crippen molar-refractivity contribution in [2.45, 2.75) is 32.4 Å². The summed E-state index contributed by atoms with van der Waals surface area (Å²) in [6.45, 7) is 0. The lowest BCUT2D eigenvalue weighted by molar-refractivity contribution is 0.480. The van der Waals surface area contributed by atoms with Crippen molar-refractivity contribution in [2.24, 2.45) is 20.5 Å². The van der Waals surface area contributed by atoms with Crippen molar-refractivity contribution < 1.29 is 51.9 Å². The van der Waals surface area contributed by atoms with Crippen LogP contribution in [0.4, 0.5) is 34.4 Å². The van der Waals surface area contributed by atoms with Gasteiger partial charge in [-0.15, -0.1) is 0 Å². The third-order valence-corrected chi connectivity index (χ3v) is 12.5. The summed E-state index contributed by atoms with van der Waals surface area (Å²) in [5.41, 5.74) is 1.57. The normalized spacial score (nSPS) is 12.6. The summed E-state index contributed by atoms with van der Waals surface area (Å²) in [5.74, 6) is 0.0821. The molecule has 6 aromatic carbocycles. The van der Waals surface area contributed by atoms with Crippen LogP contribution in [0.5, 0.6) is 0 Å². The van der Waals surface area contributed by atoms with Gasteiger partial charge in [0.25, 0.3) is 40.5 Å². The number of anilines is 2. The molecule has 0 fully saturated rings. The van der Waals surface area contributed by atoms with Crippen LogP contribution in [0.2, 0.25) is 0 Å². The van der Waals surface area contributed by atoms with Crippen molar-refractivity contribution in [1.82, 2.24) is 15.0 Å². The quantitative estimate of drug-likeness (QED) is 0.0513. The Bertz CT molecular complexity index is 3430. The third kappa shape index (κ3) is 11.2. The highest BCUT2D eigenvalue weighted by Gasteiger charge is 2.22. The van der Waals surface area contributed by atoms with Crippen LogP contribution in [0, 0.1) is 0 Å². The molecule has 322 valence electrons. The number of nitrogens with one attached hydrogen (secondary N) is 1. The van der Waals surface area contributed by atoms with Crippen molar-refractivity contribution in [2.75, 3.05) is 5.32 Å². The van der Waals surface area contributed by atoms with E-state index >= 15 is 0 Å². The van der Waals surface area contributed by atoms with Crippen molar-refractivity contribution >= 4 is 85.6 Å². The van der Waals surface area contributed by atoms with Crippen LogP contribution >= 0.6 is 0 Å². The van der Waals surface area contributed by atoms with Gasteiger partial charge in [0.2, 0.25) is 5.95 Å². The molecule has 20 nitrogen and oxygen atoms in total. The Labute approximate surface area is 359 Å². The number of hydrogen-bond acceptors (Lipinski definition) is 16. The first-order valence-corrected chi connectivity index (χ1v) is 23.6. The highest BCUT2D eigenvalue weighted by atomic mass is 32.2. The van der Waals surface area contributed by atoms with E-state index in [1.807, 2.05) is 0 Å². The van der Waals surface area contributed by atoms with E-state index in [0.29, 0.717) is 11.3 Å². The summed E-state index contributed by atoms with van der Waals surface area (Å²) in [4.78, 5) is 11.2. The Morgan fingerprint density at radius 3 is 1.67 bits per heavy atom. The molecule has 0 unspecified atom stereocenters. The first-order chi connectivity index (χ1) is 29.7. The van der Waals surface area contributed by atoms with E-state index in [9.17, 15) is 51.9 Å². The zero-order valence-corrected chi connectivity index (χ0v) is 35.1. The first kappa shape index (κ1) is 44.3. The highest BCUT2D eigenvalue weighted by molar-refractivity contribution is 7.86. The molecule has 0 aliphatic carbocycles. The van der Waals surface area contributed by atoms with E-state index in [4.69, 9.17) is 0 Å². The zero-order valence-electron chi connectivity index (χ0n) is 31.9. The molecule has 0 amide bonds. The molecule has 0 bridgehead atoms. The SMILES string of the molecule is O=S(=O)(O)c1cccc(Nc2nc(Cc3ccc(N=Nc4cc(S(=O)(=O)O)c5cccc(S(=O)(=O)O)c5c4)cc3)nc(Cc3ccc(N=Nc4ccccc4)cc3S(=O)(=O)O)n2)c1. The standard InChI is InChI=1S/C39H30N8O12S4/c48-60(49,50)31-9-4-8-28(20-31)40-39-42-37(41-38(43-39)19-25-14-17-29(22-35(25)62(54,55)56)46-44-26-6-2-1-3-7-26)18-24-12-15-27(16-13-24)45-47-30-21-33-32(36(23-30)63(57,58)59)10-5-11-34(33)61(51,52)53/h1-17,20-23H,18-19H2,(H,48,49,50)(H,51,52,53)(H,54,55,56)(H,57,58,59)(H,40,41,42,43). The third-order valence-electron chi connectivity index (χ3n) is 8.87. The number of hydrogen-bond donors (Lipinski definition) is 5. The van der Waals surface area contributed by atoms with Crippen LogP contribution in [0.3, 0.4) is 0 Å². The number of aromatic nitrogens is 3. The summed E-state index contributed by atoms with van der Waals surface area (Å²) in [6.07, 6.45) is -0.211. The minimum absolute atomic E-state index is 0.0271. The number of fused-ring (bicyclic) bond motifs is 1. The average Bonchev–Trinajstić information content (AvgIpc) is 3.21. The molecule has 7 aromatic rings. The monoisotopic (exact) mass is 930 g/mol. The number of nitrogens with zero attached hydrogens (tertiary/aromatic N) is 7. The Balaban J connectivity index is 1.20. The van der Waals surface area contributed by atoms with Gasteiger partial charge in [-0.1, -0.05) is 54.6 Å². The summed E-state index contributed by atoms with van der Waals surface area (Å²) < 4.78 is 137. The highest BCUT2D eigenvalue weighted by Crippen LogP contribution is 2.34. The number of rotatable bonds is 14. The van der Waals surface area contributed by atoms with Crippen LogP contribution in [0.25, 0.3) is 10.8 Å². The second kappa shape index (κ2) is 17.5. The molecule has 0 saturated carbocycles. The maximum absolute atomic E-state index is 12.6. The predicted molar refractivity (Wildman–Crippen MR) is 226 cm³/mol. The largest absolute Gasteiger partial charge is 0.324 e. The van der Waals surface area contributed by atoms with Gasteiger partial charge in [-0.05, 0) is 83.9 Å². The molecule has 24 heteroatoms. The lowest BCUT2D eigenvalue weighted by Crippen LogP contribution is -2.11. The summed E-state index contributed by atoms with van der Waals surface area (Å²) in [7, 11) is -19.1. The van der Waals surface area contributed by atoms with Gasteiger partial charge in [0.15, 0.2) is 0 Å². The molecule has 0 aliphatic rings. The van der Waals surface area contributed by atoms with E-state index in [1.54, 1.807) is 42.5 Å². The molecule has 0 spiro atoms. The minimum Gasteiger partial charge on any atom is -0.324 e. The number of benzene rings is 6. The molecule has 1 aromatic heterocycles. The Morgan fingerprint density at radius 1 is 0.444 bits per heavy atom.